The van der Waals surface area contributed by atoms with Gasteiger partial charge in [0.05, 0.1) is 11.3 Å². The number of halogens is 1. The minimum absolute atomic E-state index is 0.0873. The Bertz CT molecular complexity index is 1200. The molecule has 0 unspecified atom stereocenters. The van der Waals surface area contributed by atoms with Crippen LogP contribution in [0.1, 0.15) is 16.8 Å². The molecule has 8 heteroatoms. The number of carbonyl (C=O) groups is 3. The van der Waals surface area contributed by atoms with Crippen LogP contribution >= 0.6 is 11.8 Å². The summed E-state index contributed by atoms with van der Waals surface area (Å²) in [6.45, 7) is 2.18. The van der Waals surface area contributed by atoms with Crippen molar-refractivity contribution in [2.75, 3.05) is 13.1 Å². The van der Waals surface area contributed by atoms with Crippen LogP contribution in [0.25, 0.3) is 17.0 Å². The second-order valence-electron chi connectivity index (χ2n) is 7.19. The molecule has 0 bridgehead atoms. The standard InChI is InChI=1S/C23H20FN3O3S/c1-14-18(17-4-2-3-5-19(17)26-14)13-21(28)25-10-11-27-22(29)20(31-23(27)30)12-15-6-8-16(24)9-7-15/h2-9,12,26H,10-11,13H2,1H3,(H,25,28)/b20-12-. The maximum atomic E-state index is 13.0. The van der Waals surface area contributed by atoms with E-state index in [2.05, 4.69) is 10.3 Å². The third-order valence-electron chi connectivity index (χ3n) is 5.06. The van der Waals surface area contributed by atoms with Crippen LogP contribution in [0.3, 0.4) is 0 Å². The van der Waals surface area contributed by atoms with Crippen LogP contribution in [0.5, 0.6) is 0 Å². The van der Waals surface area contributed by atoms with Gasteiger partial charge in [-0.3, -0.25) is 19.3 Å². The zero-order chi connectivity index (χ0) is 22.0. The number of hydrogen-bond acceptors (Lipinski definition) is 4. The van der Waals surface area contributed by atoms with Gasteiger partial charge in [-0.1, -0.05) is 30.3 Å². The van der Waals surface area contributed by atoms with E-state index < -0.39 is 5.91 Å². The first-order valence-electron chi connectivity index (χ1n) is 9.76. The Morgan fingerprint density at radius 1 is 1.16 bits per heavy atom. The number of aryl methyl sites for hydroxylation is 1. The third-order valence-corrected chi connectivity index (χ3v) is 5.97. The Morgan fingerprint density at radius 3 is 2.68 bits per heavy atom. The number of thioether (sulfide) groups is 1. The topological polar surface area (TPSA) is 82.3 Å². The van der Waals surface area contributed by atoms with Gasteiger partial charge in [0.2, 0.25) is 5.91 Å². The number of imide groups is 1. The van der Waals surface area contributed by atoms with E-state index in [4.69, 9.17) is 0 Å². The number of para-hydroxylation sites is 1. The van der Waals surface area contributed by atoms with Crippen molar-refractivity contribution < 1.29 is 18.8 Å². The molecule has 3 amide bonds. The molecule has 158 valence electrons. The molecule has 3 aromatic rings. The van der Waals surface area contributed by atoms with Crippen molar-refractivity contribution in [2.45, 2.75) is 13.3 Å². The van der Waals surface area contributed by atoms with E-state index >= 15 is 0 Å². The fourth-order valence-corrected chi connectivity index (χ4v) is 4.36. The third kappa shape index (κ3) is 4.54. The lowest BCUT2D eigenvalue weighted by atomic mass is 10.1. The van der Waals surface area contributed by atoms with Gasteiger partial charge in [-0.05, 0) is 54.1 Å². The zero-order valence-electron chi connectivity index (χ0n) is 16.8. The van der Waals surface area contributed by atoms with Gasteiger partial charge >= 0.3 is 0 Å². The maximum absolute atomic E-state index is 13.0. The molecule has 1 aliphatic heterocycles. The van der Waals surface area contributed by atoms with Crippen LogP contribution < -0.4 is 5.32 Å². The van der Waals surface area contributed by atoms with Crippen LogP contribution in [-0.2, 0) is 16.0 Å². The normalized spacial score (nSPS) is 15.3. The number of nitrogens with one attached hydrogen (secondary N) is 2. The number of rotatable bonds is 6. The molecule has 31 heavy (non-hydrogen) atoms. The number of aromatic amines is 1. The Kier molecular flexibility index (Phi) is 5.90. The van der Waals surface area contributed by atoms with Crippen molar-refractivity contribution in [3.8, 4) is 0 Å². The van der Waals surface area contributed by atoms with Gasteiger partial charge in [0.1, 0.15) is 5.82 Å². The number of hydrogen-bond donors (Lipinski definition) is 2. The van der Waals surface area contributed by atoms with Gasteiger partial charge in [-0.2, -0.15) is 0 Å². The van der Waals surface area contributed by atoms with Crippen LogP contribution in [-0.4, -0.2) is 40.0 Å². The molecule has 2 N–H and O–H groups in total. The largest absolute Gasteiger partial charge is 0.358 e. The van der Waals surface area contributed by atoms with Crippen LogP contribution in [0, 0.1) is 12.7 Å². The Labute approximate surface area is 182 Å². The van der Waals surface area contributed by atoms with E-state index in [1.165, 1.54) is 24.3 Å². The summed E-state index contributed by atoms with van der Waals surface area (Å²) >= 11 is 0.835. The molecule has 6 nitrogen and oxygen atoms in total. The molecule has 1 fully saturated rings. The van der Waals surface area contributed by atoms with Crippen molar-refractivity contribution in [3.05, 3.63) is 76.1 Å². The van der Waals surface area contributed by atoms with Crippen LogP contribution in [0.2, 0.25) is 0 Å². The van der Waals surface area contributed by atoms with Crippen molar-refractivity contribution in [1.82, 2.24) is 15.2 Å². The zero-order valence-corrected chi connectivity index (χ0v) is 17.6. The van der Waals surface area contributed by atoms with E-state index in [0.717, 1.165) is 38.8 Å². The maximum Gasteiger partial charge on any atom is 0.293 e. The van der Waals surface area contributed by atoms with Gasteiger partial charge < -0.3 is 10.3 Å². The van der Waals surface area contributed by atoms with Gasteiger partial charge in [0.15, 0.2) is 0 Å². The van der Waals surface area contributed by atoms with Gasteiger partial charge in [-0.15, -0.1) is 0 Å². The summed E-state index contributed by atoms with van der Waals surface area (Å²) in [5.41, 5.74) is 3.48. The van der Waals surface area contributed by atoms with Crippen molar-refractivity contribution in [3.63, 3.8) is 0 Å². The quantitative estimate of drug-likeness (QED) is 0.571. The fraction of sp³-hybridized carbons (Fsp3) is 0.174. The van der Waals surface area contributed by atoms with Gasteiger partial charge in [0, 0.05) is 29.7 Å². The molecule has 0 spiro atoms. The number of fused-ring (bicyclic) bond motifs is 1. The monoisotopic (exact) mass is 437 g/mol. The molecule has 1 aliphatic rings. The molecular formula is C23H20FN3O3S. The molecule has 0 saturated carbocycles. The first kappa shape index (κ1) is 20.9. The van der Waals surface area contributed by atoms with Gasteiger partial charge in [0.25, 0.3) is 11.1 Å². The average molecular weight is 437 g/mol. The SMILES string of the molecule is Cc1[nH]c2ccccc2c1CC(=O)NCCN1C(=O)S/C(=C\c2ccc(F)cc2)C1=O. The fourth-order valence-electron chi connectivity index (χ4n) is 3.50. The van der Waals surface area contributed by atoms with Crippen LogP contribution in [0.4, 0.5) is 9.18 Å². The lowest BCUT2D eigenvalue weighted by molar-refractivity contribution is -0.124. The summed E-state index contributed by atoms with van der Waals surface area (Å²) in [5.74, 6) is -0.966. The molecule has 2 aromatic carbocycles. The second kappa shape index (κ2) is 8.77. The molecule has 0 aliphatic carbocycles. The lowest BCUT2D eigenvalue weighted by Gasteiger charge is -2.13. The van der Waals surface area contributed by atoms with E-state index in [0.29, 0.717) is 5.56 Å². The van der Waals surface area contributed by atoms with Crippen molar-refractivity contribution >= 4 is 45.8 Å². The summed E-state index contributed by atoms with van der Waals surface area (Å²) in [5, 5.41) is 3.40. The van der Waals surface area contributed by atoms with E-state index in [9.17, 15) is 18.8 Å². The summed E-state index contributed by atoms with van der Waals surface area (Å²) in [6.07, 6.45) is 1.77. The molecule has 4 rings (SSSR count). The second-order valence-corrected chi connectivity index (χ2v) is 8.18. The Balaban J connectivity index is 1.34. The number of aromatic nitrogens is 1. The number of amides is 3. The van der Waals surface area contributed by atoms with E-state index in [-0.39, 0.29) is 41.4 Å². The first-order valence-corrected chi connectivity index (χ1v) is 10.6. The summed E-state index contributed by atoms with van der Waals surface area (Å²) in [7, 11) is 0. The molecule has 0 radical (unpaired) electrons. The summed E-state index contributed by atoms with van der Waals surface area (Å²) in [4.78, 5) is 41.8. The highest BCUT2D eigenvalue weighted by Gasteiger charge is 2.34. The molecule has 1 aromatic heterocycles. The lowest BCUT2D eigenvalue weighted by Crippen LogP contribution is -2.37. The summed E-state index contributed by atoms with van der Waals surface area (Å²) in [6, 6.07) is 13.5. The number of carbonyl (C=O) groups excluding carboxylic acids is 3. The highest BCUT2D eigenvalue weighted by Crippen LogP contribution is 2.32. The number of nitrogens with zero attached hydrogens (tertiary/aromatic N) is 1. The Morgan fingerprint density at radius 2 is 1.90 bits per heavy atom. The molecule has 1 saturated heterocycles. The molecular weight excluding hydrogens is 417 g/mol. The van der Waals surface area contributed by atoms with Gasteiger partial charge in [-0.25, -0.2) is 4.39 Å². The predicted molar refractivity (Wildman–Crippen MR) is 119 cm³/mol. The summed E-state index contributed by atoms with van der Waals surface area (Å²) < 4.78 is 13.0. The van der Waals surface area contributed by atoms with E-state index in [1.54, 1.807) is 6.08 Å². The Hall–Kier alpha value is -3.39. The minimum atomic E-state index is -0.416. The molecule has 2 heterocycles. The average Bonchev–Trinajstić information content (AvgIpc) is 3.20. The van der Waals surface area contributed by atoms with Crippen LogP contribution in [0.15, 0.2) is 53.4 Å². The molecule has 0 atom stereocenters. The van der Waals surface area contributed by atoms with E-state index in [1.807, 2.05) is 31.2 Å². The first-order chi connectivity index (χ1) is 14.9. The minimum Gasteiger partial charge on any atom is -0.358 e. The number of benzene rings is 2. The number of H-pyrrole nitrogens is 1. The predicted octanol–water partition coefficient (Wildman–Crippen LogP) is 4.01. The smallest absolute Gasteiger partial charge is 0.293 e. The van der Waals surface area contributed by atoms with Crippen molar-refractivity contribution in [1.29, 1.82) is 0 Å². The van der Waals surface area contributed by atoms with Crippen molar-refractivity contribution in [2.24, 2.45) is 0 Å². The highest BCUT2D eigenvalue weighted by molar-refractivity contribution is 8.18. The highest BCUT2D eigenvalue weighted by atomic mass is 32.2.